The minimum absolute atomic E-state index is 0.624. The Labute approximate surface area is 175 Å². The first-order chi connectivity index (χ1) is 14.2. The second-order valence-electron chi connectivity index (χ2n) is 8.69. The molecule has 0 radical (unpaired) electrons. The highest BCUT2D eigenvalue weighted by molar-refractivity contribution is 7.26. The normalized spacial score (nSPS) is 17.5. The Morgan fingerprint density at radius 2 is 2.00 bits per heavy atom. The molecule has 2 aliphatic rings. The number of hydrogen-bond donors (Lipinski definition) is 2. The predicted molar refractivity (Wildman–Crippen MR) is 118 cm³/mol. The molecule has 0 spiro atoms. The van der Waals surface area contributed by atoms with Crippen LogP contribution in [0.15, 0.2) is 6.33 Å². The van der Waals surface area contributed by atoms with Gasteiger partial charge in [-0.1, -0.05) is 13.8 Å². The molecule has 1 aliphatic carbocycles. The van der Waals surface area contributed by atoms with Gasteiger partial charge in [-0.3, -0.25) is 0 Å². The number of nitrogens with zero attached hydrogens (tertiary/aromatic N) is 3. The Bertz CT molecular complexity index is 1030. The molecule has 0 saturated carbocycles. The number of anilines is 1. The van der Waals surface area contributed by atoms with E-state index in [-0.39, 0.29) is 0 Å². The van der Waals surface area contributed by atoms with Crippen molar-refractivity contribution in [3.8, 4) is 0 Å². The van der Waals surface area contributed by atoms with Crippen LogP contribution in [-0.2, 0) is 24.0 Å². The Hall–Kier alpha value is -1.83. The molecule has 7 heteroatoms. The second-order valence-corrected chi connectivity index (χ2v) is 9.69. The van der Waals surface area contributed by atoms with Crippen molar-refractivity contribution in [3.63, 3.8) is 0 Å². The Morgan fingerprint density at radius 3 is 2.83 bits per heavy atom. The fourth-order valence-electron chi connectivity index (χ4n) is 4.73. The van der Waals surface area contributed by atoms with E-state index in [0.29, 0.717) is 5.92 Å². The number of ether oxygens (including phenoxy) is 1. The third-order valence-electron chi connectivity index (χ3n) is 6.13. The summed E-state index contributed by atoms with van der Waals surface area (Å²) in [5.74, 6) is 1.58. The molecule has 154 valence electrons. The van der Waals surface area contributed by atoms with E-state index in [1.807, 2.05) is 0 Å². The molecule has 3 aromatic heterocycles. The number of fused-ring (bicyclic) bond motifs is 5. The quantitative estimate of drug-likeness (QED) is 0.650. The van der Waals surface area contributed by atoms with Gasteiger partial charge in [-0.2, -0.15) is 0 Å². The second kappa shape index (κ2) is 8.13. The number of quaternary nitrogens is 1. The van der Waals surface area contributed by atoms with Gasteiger partial charge in [0.05, 0.1) is 36.5 Å². The molecule has 29 heavy (non-hydrogen) atoms. The number of rotatable bonds is 6. The van der Waals surface area contributed by atoms with Gasteiger partial charge in [-0.25, -0.2) is 15.0 Å². The van der Waals surface area contributed by atoms with E-state index >= 15 is 0 Å². The van der Waals surface area contributed by atoms with Gasteiger partial charge in [0, 0.05) is 11.1 Å². The summed E-state index contributed by atoms with van der Waals surface area (Å²) in [7, 11) is 0. The topological polar surface area (TPSA) is 64.4 Å². The van der Waals surface area contributed by atoms with Crippen molar-refractivity contribution in [2.75, 3.05) is 44.7 Å². The van der Waals surface area contributed by atoms with E-state index in [1.54, 1.807) is 22.6 Å². The van der Waals surface area contributed by atoms with Crippen LogP contribution < -0.4 is 10.2 Å². The third-order valence-corrected chi connectivity index (χ3v) is 7.21. The zero-order valence-corrected chi connectivity index (χ0v) is 18.2. The van der Waals surface area contributed by atoms with Crippen LogP contribution in [0.3, 0.4) is 0 Å². The zero-order chi connectivity index (χ0) is 19.8. The molecule has 0 amide bonds. The highest BCUT2D eigenvalue weighted by Gasteiger charge is 2.24. The molecule has 1 fully saturated rings. The minimum atomic E-state index is 0.624. The number of aromatic nitrogens is 3. The van der Waals surface area contributed by atoms with Gasteiger partial charge in [-0.15, -0.1) is 11.3 Å². The van der Waals surface area contributed by atoms with Gasteiger partial charge >= 0.3 is 0 Å². The van der Waals surface area contributed by atoms with Crippen molar-refractivity contribution >= 4 is 37.6 Å². The van der Waals surface area contributed by atoms with Gasteiger partial charge in [0.2, 0.25) is 0 Å². The van der Waals surface area contributed by atoms with E-state index in [4.69, 9.17) is 14.7 Å². The molecule has 6 nitrogen and oxygen atoms in total. The van der Waals surface area contributed by atoms with Gasteiger partial charge < -0.3 is 15.0 Å². The molecule has 0 unspecified atom stereocenters. The third kappa shape index (κ3) is 3.71. The number of nitrogens with one attached hydrogen (secondary N) is 2. The number of thiophene rings is 1. The fourth-order valence-corrected chi connectivity index (χ4v) is 5.87. The molecular weight excluding hydrogens is 382 g/mol. The van der Waals surface area contributed by atoms with Crippen LogP contribution in [0.5, 0.6) is 0 Å². The largest absolute Gasteiger partial charge is 0.370 e. The van der Waals surface area contributed by atoms with Gasteiger partial charge in [0.1, 0.15) is 30.1 Å². The van der Waals surface area contributed by atoms with E-state index in [0.717, 1.165) is 79.5 Å². The molecule has 1 aliphatic heterocycles. The summed E-state index contributed by atoms with van der Waals surface area (Å²) in [5.41, 5.74) is 5.39. The molecular formula is C22H30N5OS+. The van der Waals surface area contributed by atoms with Crippen LogP contribution in [0.1, 0.15) is 37.1 Å². The molecule has 0 bridgehead atoms. The van der Waals surface area contributed by atoms with Crippen LogP contribution in [0.25, 0.3) is 20.4 Å². The lowest BCUT2D eigenvalue weighted by Crippen LogP contribution is -3.14. The number of aryl methyl sites for hydroxylation is 1. The Morgan fingerprint density at radius 1 is 1.17 bits per heavy atom. The lowest BCUT2D eigenvalue weighted by molar-refractivity contribution is -0.906. The summed E-state index contributed by atoms with van der Waals surface area (Å²) in [5, 5.41) is 4.87. The van der Waals surface area contributed by atoms with Crippen LogP contribution >= 0.6 is 11.3 Å². The fraction of sp³-hybridized carbons (Fsp3) is 0.591. The molecule has 4 heterocycles. The SMILES string of the molecule is CC(C)Cc1nc2sc3c(NCC[NH+]4CCOCC4)ncnc3c2c2c1CCC2. The molecule has 3 aromatic rings. The first-order valence-electron chi connectivity index (χ1n) is 10.9. The predicted octanol–water partition coefficient (Wildman–Crippen LogP) is 2.25. The summed E-state index contributed by atoms with van der Waals surface area (Å²) in [6, 6.07) is 0. The van der Waals surface area contributed by atoms with Crippen molar-refractivity contribution in [1.29, 1.82) is 0 Å². The van der Waals surface area contributed by atoms with Crippen LogP contribution in [-0.4, -0.2) is 54.3 Å². The number of morpholine rings is 1. The van der Waals surface area contributed by atoms with Crippen LogP contribution in [0.2, 0.25) is 0 Å². The van der Waals surface area contributed by atoms with Crippen molar-refractivity contribution in [1.82, 2.24) is 15.0 Å². The standard InChI is InChI=1S/C22H29N5OS/c1-14(2)12-17-15-4-3-5-16(15)18-19-20(29-22(18)26-17)21(25-13-24-19)23-6-7-27-8-10-28-11-9-27/h13-14H,3-12H2,1-2H3,(H,23,24,25)/p+1. The first kappa shape index (κ1) is 19.2. The summed E-state index contributed by atoms with van der Waals surface area (Å²) < 4.78 is 6.61. The van der Waals surface area contributed by atoms with Crippen LogP contribution in [0, 0.1) is 5.92 Å². The monoisotopic (exact) mass is 412 g/mol. The van der Waals surface area contributed by atoms with Crippen molar-refractivity contribution in [3.05, 3.63) is 23.1 Å². The summed E-state index contributed by atoms with van der Waals surface area (Å²) >= 11 is 1.76. The molecule has 2 N–H and O–H groups in total. The Kier molecular flexibility index (Phi) is 5.37. The van der Waals surface area contributed by atoms with E-state index in [9.17, 15) is 0 Å². The van der Waals surface area contributed by atoms with E-state index in [1.165, 1.54) is 28.6 Å². The minimum Gasteiger partial charge on any atom is -0.370 e. The van der Waals surface area contributed by atoms with Gasteiger partial charge in [0.15, 0.2) is 0 Å². The van der Waals surface area contributed by atoms with Crippen molar-refractivity contribution in [2.45, 2.75) is 39.5 Å². The maximum atomic E-state index is 5.46. The number of pyridine rings is 1. The smallest absolute Gasteiger partial charge is 0.147 e. The summed E-state index contributed by atoms with van der Waals surface area (Å²) in [6.07, 6.45) is 6.32. The molecule has 0 atom stereocenters. The van der Waals surface area contributed by atoms with Gasteiger partial charge in [0.25, 0.3) is 0 Å². The molecule has 1 saturated heterocycles. The maximum absolute atomic E-state index is 5.46. The molecule has 0 aromatic carbocycles. The van der Waals surface area contributed by atoms with Crippen molar-refractivity contribution < 1.29 is 9.64 Å². The lowest BCUT2D eigenvalue weighted by Gasteiger charge is -2.23. The Balaban J connectivity index is 1.48. The molecule has 5 rings (SSSR count). The highest BCUT2D eigenvalue weighted by atomic mass is 32.1. The maximum Gasteiger partial charge on any atom is 0.147 e. The van der Waals surface area contributed by atoms with Crippen LogP contribution in [0.4, 0.5) is 5.82 Å². The van der Waals surface area contributed by atoms with Gasteiger partial charge in [-0.05, 0) is 42.7 Å². The lowest BCUT2D eigenvalue weighted by atomic mass is 9.99. The first-order valence-corrected chi connectivity index (χ1v) is 11.8. The average Bonchev–Trinajstić information content (AvgIpc) is 3.33. The van der Waals surface area contributed by atoms with E-state index in [2.05, 4.69) is 24.1 Å². The number of hydrogen-bond acceptors (Lipinski definition) is 6. The zero-order valence-electron chi connectivity index (χ0n) is 17.4. The highest BCUT2D eigenvalue weighted by Crippen LogP contribution is 2.41. The summed E-state index contributed by atoms with van der Waals surface area (Å²) in [6.45, 7) is 10.5. The summed E-state index contributed by atoms with van der Waals surface area (Å²) in [4.78, 5) is 17.1. The van der Waals surface area contributed by atoms with E-state index < -0.39 is 0 Å². The van der Waals surface area contributed by atoms with Crippen molar-refractivity contribution in [2.24, 2.45) is 5.92 Å². The average molecular weight is 413 g/mol.